The van der Waals surface area contributed by atoms with Crippen LogP contribution in [-0.2, 0) is 6.42 Å². The van der Waals surface area contributed by atoms with E-state index in [2.05, 4.69) is 36.4 Å². The first-order chi connectivity index (χ1) is 10.3. The van der Waals surface area contributed by atoms with Crippen LogP contribution < -0.4 is 0 Å². The van der Waals surface area contributed by atoms with Crippen molar-refractivity contribution in [2.24, 2.45) is 0 Å². The molecule has 0 aliphatic heterocycles. The fraction of sp³-hybridized carbons (Fsp3) is 0.789. The molecule has 0 aliphatic carbocycles. The van der Waals surface area contributed by atoms with Crippen molar-refractivity contribution in [3.05, 3.63) is 22.4 Å². The summed E-state index contributed by atoms with van der Waals surface area (Å²) in [5, 5.41) is 2.18. The van der Waals surface area contributed by atoms with Crippen molar-refractivity contribution in [1.29, 1.82) is 0 Å². The van der Waals surface area contributed by atoms with E-state index < -0.39 is 0 Å². The fourth-order valence-electron chi connectivity index (χ4n) is 2.74. The van der Waals surface area contributed by atoms with E-state index in [1.165, 1.54) is 88.6 Å². The van der Waals surface area contributed by atoms with E-state index in [0.717, 1.165) is 0 Å². The van der Waals surface area contributed by atoms with Crippen LogP contribution in [0.5, 0.6) is 0 Å². The van der Waals surface area contributed by atoms with Crippen molar-refractivity contribution in [3.8, 4) is 0 Å². The lowest BCUT2D eigenvalue weighted by molar-refractivity contribution is 0.328. The maximum Gasteiger partial charge on any atom is 0.00579 e. The van der Waals surface area contributed by atoms with Crippen LogP contribution in [0, 0.1) is 0 Å². The van der Waals surface area contributed by atoms with E-state index >= 15 is 0 Å². The Bertz CT molecular complexity index is 307. The van der Waals surface area contributed by atoms with Crippen LogP contribution in [0.25, 0.3) is 0 Å². The Morgan fingerprint density at radius 2 is 1.48 bits per heavy atom. The molecule has 122 valence electrons. The largest absolute Gasteiger partial charge is 0.306 e. The van der Waals surface area contributed by atoms with Gasteiger partial charge in [-0.25, -0.2) is 0 Å². The van der Waals surface area contributed by atoms with E-state index in [4.69, 9.17) is 0 Å². The number of rotatable bonds is 14. The van der Waals surface area contributed by atoms with Crippen molar-refractivity contribution < 1.29 is 0 Å². The van der Waals surface area contributed by atoms with Crippen LogP contribution in [0.1, 0.15) is 76.0 Å². The molecule has 0 radical (unpaired) electrons. The summed E-state index contributed by atoms with van der Waals surface area (Å²) in [6.07, 6.45) is 15.5. The molecule has 1 aromatic rings. The maximum atomic E-state index is 2.49. The summed E-state index contributed by atoms with van der Waals surface area (Å²) in [6.45, 7) is 4.76. The Morgan fingerprint density at radius 1 is 0.857 bits per heavy atom. The van der Waals surface area contributed by atoms with Crippen LogP contribution in [0.3, 0.4) is 0 Å². The highest BCUT2D eigenvalue weighted by atomic mass is 32.1. The second-order valence-corrected chi connectivity index (χ2v) is 7.35. The lowest BCUT2D eigenvalue weighted by atomic mass is 10.1. The van der Waals surface area contributed by atoms with Crippen molar-refractivity contribution in [1.82, 2.24) is 4.90 Å². The second-order valence-electron chi connectivity index (χ2n) is 6.31. The molecule has 0 aliphatic rings. The van der Waals surface area contributed by atoms with Crippen LogP contribution in [0.2, 0.25) is 0 Å². The third kappa shape index (κ3) is 11.0. The predicted molar refractivity (Wildman–Crippen MR) is 97.4 cm³/mol. The molecule has 0 N–H and O–H groups in total. The van der Waals surface area contributed by atoms with Gasteiger partial charge in [-0.3, -0.25) is 0 Å². The zero-order chi connectivity index (χ0) is 15.2. The average molecular weight is 310 g/mol. The lowest BCUT2D eigenvalue weighted by Crippen LogP contribution is -2.22. The molecule has 0 fully saturated rings. The Kier molecular flexibility index (Phi) is 11.9. The topological polar surface area (TPSA) is 3.24 Å². The van der Waals surface area contributed by atoms with E-state index in [0.29, 0.717) is 0 Å². The second kappa shape index (κ2) is 13.3. The van der Waals surface area contributed by atoms with E-state index in [-0.39, 0.29) is 0 Å². The third-order valence-corrected chi connectivity index (χ3v) is 5.15. The molecule has 0 bridgehead atoms. The predicted octanol–water partition coefficient (Wildman–Crippen LogP) is 6.14. The minimum absolute atomic E-state index is 1.21. The van der Waals surface area contributed by atoms with Crippen molar-refractivity contribution in [3.63, 3.8) is 0 Å². The molecule has 2 heteroatoms. The highest BCUT2D eigenvalue weighted by Crippen LogP contribution is 2.11. The van der Waals surface area contributed by atoms with E-state index in [9.17, 15) is 0 Å². The molecule has 1 aromatic heterocycles. The first kappa shape index (κ1) is 18.7. The van der Waals surface area contributed by atoms with Gasteiger partial charge in [0.25, 0.3) is 0 Å². The first-order valence-corrected chi connectivity index (χ1v) is 9.92. The van der Waals surface area contributed by atoms with Gasteiger partial charge in [0.15, 0.2) is 0 Å². The highest BCUT2D eigenvalue weighted by molar-refractivity contribution is 7.09. The summed E-state index contributed by atoms with van der Waals surface area (Å²) in [5.41, 5.74) is 0. The maximum absolute atomic E-state index is 2.49. The van der Waals surface area contributed by atoms with Gasteiger partial charge in [0, 0.05) is 11.4 Å². The molecular weight excluding hydrogens is 274 g/mol. The zero-order valence-corrected chi connectivity index (χ0v) is 15.1. The molecule has 0 amide bonds. The highest BCUT2D eigenvalue weighted by Gasteiger charge is 2.00. The standard InChI is InChI=1S/C19H35NS/c1-3-4-5-6-7-8-9-10-11-12-16-20(2)17-15-19-14-13-18-21-19/h13-14,18H,3-12,15-17H2,1-2H3. The molecule has 1 rings (SSSR count). The number of hydrogen-bond acceptors (Lipinski definition) is 2. The molecule has 0 aromatic carbocycles. The average Bonchev–Trinajstić information content (AvgIpc) is 3.00. The molecule has 1 heterocycles. The van der Waals surface area contributed by atoms with Crippen LogP contribution in [0.4, 0.5) is 0 Å². The fourth-order valence-corrected chi connectivity index (χ4v) is 3.44. The van der Waals surface area contributed by atoms with Gasteiger partial charge in [0.2, 0.25) is 0 Å². The van der Waals surface area contributed by atoms with Gasteiger partial charge in [0.05, 0.1) is 0 Å². The summed E-state index contributed by atoms with van der Waals surface area (Å²) in [5.74, 6) is 0. The molecular formula is C19H35NS. The van der Waals surface area contributed by atoms with Crippen molar-refractivity contribution >= 4 is 11.3 Å². The number of thiophene rings is 1. The Morgan fingerprint density at radius 3 is 2.05 bits per heavy atom. The molecule has 0 saturated carbocycles. The molecule has 21 heavy (non-hydrogen) atoms. The molecule has 0 saturated heterocycles. The molecule has 0 atom stereocenters. The smallest absolute Gasteiger partial charge is 0.00579 e. The van der Waals surface area contributed by atoms with Gasteiger partial charge in [-0.1, -0.05) is 70.8 Å². The number of unbranched alkanes of at least 4 members (excludes halogenated alkanes) is 9. The number of likely N-dealkylation sites (N-methyl/N-ethyl adjacent to an activating group) is 1. The van der Waals surface area contributed by atoms with Gasteiger partial charge in [-0.15, -0.1) is 11.3 Å². The normalized spacial score (nSPS) is 11.4. The molecule has 0 spiro atoms. The van der Waals surface area contributed by atoms with E-state index in [1.54, 1.807) is 0 Å². The van der Waals surface area contributed by atoms with Crippen LogP contribution >= 0.6 is 11.3 Å². The van der Waals surface area contributed by atoms with Gasteiger partial charge >= 0.3 is 0 Å². The van der Waals surface area contributed by atoms with Gasteiger partial charge in [0.1, 0.15) is 0 Å². The summed E-state index contributed by atoms with van der Waals surface area (Å²) >= 11 is 1.88. The third-order valence-electron chi connectivity index (χ3n) is 4.21. The zero-order valence-electron chi connectivity index (χ0n) is 14.3. The quantitative estimate of drug-likeness (QED) is 0.373. The lowest BCUT2D eigenvalue weighted by Gasteiger charge is -2.15. The van der Waals surface area contributed by atoms with Gasteiger partial charge < -0.3 is 4.90 Å². The van der Waals surface area contributed by atoms with Crippen LogP contribution in [-0.4, -0.2) is 25.0 Å². The minimum Gasteiger partial charge on any atom is -0.306 e. The van der Waals surface area contributed by atoms with Crippen molar-refractivity contribution in [2.45, 2.75) is 77.6 Å². The summed E-state index contributed by atoms with van der Waals surface area (Å²) in [4.78, 5) is 4.01. The number of hydrogen-bond donors (Lipinski definition) is 0. The first-order valence-electron chi connectivity index (χ1n) is 9.04. The summed E-state index contributed by atoms with van der Waals surface area (Å²) in [7, 11) is 2.27. The van der Waals surface area contributed by atoms with Crippen molar-refractivity contribution in [2.75, 3.05) is 20.1 Å². The van der Waals surface area contributed by atoms with Gasteiger partial charge in [-0.2, -0.15) is 0 Å². The SMILES string of the molecule is CCCCCCCCCCCCN(C)CCc1cccs1. The summed E-state index contributed by atoms with van der Waals surface area (Å²) < 4.78 is 0. The van der Waals surface area contributed by atoms with Gasteiger partial charge in [-0.05, 0) is 37.9 Å². The van der Waals surface area contributed by atoms with Crippen LogP contribution in [0.15, 0.2) is 17.5 Å². The summed E-state index contributed by atoms with van der Waals surface area (Å²) in [6, 6.07) is 4.40. The Hall–Kier alpha value is -0.340. The molecule has 1 nitrogen and oxygen atoms in total. The monoisotopic (exact) mass is 309 g/mol. The number of nitrogens with zero attached hydrogens (tertiary/aromatic N) is 1. The van der Waals surface area contributed by atoms with E-state index in [1.807, 2.05) is 11.3 Å². The Labute approximate surface area is 136 Å². The Balaban J connectivity index is 1.81. The minimum atomic E-state index is 1.21. The molecule has 0 unspecified atom stereocenters.